The van der Waals surface area contributed by atoms with Gasteiger partial charge in [0.05, 0.1) is 19.2 Å². The van der Waals surface area contributed by atoms with Gasteiger partial charge in [0, 0.05) is 18.8 Å². The normalized spacial score (nSPS) is 14.1. The molecular formula is C27H31N3O3. The summed E-state index contributed by atoms with van der Waals surface area (Å²) in [5.74, 6) is 0.114. The number of carbonyl (C=O) groups is 2. The number of amides is 2. The maximum absolute atomic E-state index is 13.1. The van der Waals surface area contributed by atoms with Crippen molar-refractivity contribution in [2.24, 2.45) is 0 Å². The molecule has 1 fully saturated rings. The van der Waals surface area contributed by atoms with Crippen molar-refractivity contribution in [3.8, 4) is 0 Å². The molecule has 33 heavy (non-hydrogen) atoms. The molecule has 0 saturated carbocycles. The Hall–Kier alpha value is -3.38. The SMILES string of the molecule is O=C(Cc1ccc(N(Cc2ccccc2)C(=O)c2ccco2)cc1)NCCN1CCCCC1. The summed E-state index contributed by atoms with van der Waals surface area (Å²) in [6.07, 6.45) is 5.65. The van der Waals surface area contributed by atoms with Crippen LogP contribution < -0.4 is 10.2 Å². The van der Waals surface area contributed by atoms with Gasteiger partial charge < -0.3 is 19.5 Å². The van der Waals surface area contributed by atoms with Crippen LogP contribution in [0, 0.1) is 0 Å². The van der Waals surface area contributed by atoms with Crippen molar-refractivity contribution in [1.82, 2.24) is 10.2 Å². The molecule has 2 heterocycles. The van der Waals surface area contributed by atoms with Crippen molar-refractivity contribution in [3.05, 3.63) is 89.9 Å². The summed E-state index contributed by atoms with van der Waals surface area (Å²) < 4.78 is 5.35. The van der Waals surface area contributed by atoms with Crippen LogP contribution in [-0.4, -0.2) is 42.9 Å². The van der Waals surface area contributed by atoms with Gasteiger partial charge in [-0.15, -0.1) is 0 Å². The van der Waals surface area contributed by atoms with Crippen LogP contribution in [0.3, 0.4) is 0 Å². The van der Waals surface area contributed by atoms with Crippen molar-refractivity contribution in [3.63, 3.8) is 0 Å². The van der Waals surface area contributed by atoms with Crippen LogP contribution in [-0.2, 0) is 17.8 Å². The van der Waals surface area contributed by atoms with Gasteiger partial charge in [-0.25, -0.2) is 0 Å². The van der Waals surface area contributed by atoms with Crippen molar-refractivity contribution in [1.29, 1.82) is 0 Å². The lowest BCUT2D eigenvalue weighted by atomic mass is 10.1. The number of nitrogens with zero attached hydrogens (tertiary/aromatic N) is 2. The van der Waals surface area contributed by atoms with Crippen LogP contribution in [0.15, 0.2) is 77.4 Å². The van der Waals surface area contributed by atoms with Crippen LogP contribution in [0.2, 0.25) is 0 Å². The summed E-state index contributed by atoms with van der Waals surface area (Å²) >= 11 is 0. The molecule has 6 heteroatoms. The topological polar surface area (TPSA) is 65.8 Å². The fraction of sp³-hybridized carbons (Fsp3) is 0.333. The quantitative estimate of drug-likeness (QED) is 0.534. The highest BCUT2D eigenvalue weighted by Gasteiger charge is 2.20. The second-order valence-corrected chi connectivity index (χ2v) is 8.45. The Labute approximate surface area is 195 Å². The van der Waals surface area contributed by atoms with Gasteiger partial charge in [0.25, 0.3) is 5.91 Å². The van der Waals surface area contributed by atoms with E-state index in [-0.39, 0.29) is 11.8 Å². The van der Waals surface area contributed by atoms with E-state index in [1.807, 2.05) is 54.6 Å². The second kappa shape index (κ2) is 11.5. The van der Waals surface area contributed by atoms with E-state index in [0.717, 1.165) is 36.4 Å². The highest BCUT2D eigenvalue weighted by Crippen LogP contribution is 2.21. The second-order valence-electron chi connectivity index (χ2n) is 8.45. The number of likely N-dealkylation sites (tertiary alicyclic amines) is 1. The summed E-state index contributed by atoms with van der Waals surface area (Å²) in [5, 5.41) is 3.03. The van der Waals surface area contributed by atoms with Gasteiger partial charge in [-0.05, 0) is 61.3 Å². The minimum atomic E-state index is -0.202. The molecule has 0 bridgehead atoms. The predicted octanol–water partition coefficient (Wildman–Crippen LogP) is 4.27. The van der Waals surface area contributed by atoms with Gasteiger partial charge in [-0.3, -0.25) is 9.59 Å². The average Bonchev–Trinajstić information content (AvgIpc) is 3.39. The number of anilines is 1. The molecular weight excluding hydrogens is 414 g/mol. The lowest BCUT2D eigenvalue weighted by Gasteiger charge is -2.26. The minimum absolute atomic E-state index is 0.0209. The molecule has 6 nitrogen and oxygen atoms in total. The Morgan fingerprint density at radius 3 is 2.33 bits per heavy atom. The van der Waals surface area contributed by atoms with Crippen LogP contribution in [0.4, 0.5) is 5.69 Å². The van der Waals surface area contributed by atoms with Crippen LogP contribution >= 0.6 is 0 Å². The van der Waals surface area contributed by atoms with Gasteiger partial charge in [-0.2, -0.15) is 0 Å². The number of nitrogens with one attached hydrogen (secondary N) is 1. The Morgan fingerprint density at radius 1 is 0.879 bits per heavy atom. The first-order valence-corrected chi connectivity index (χ1v) is 11.7. The minimum Gasteiger partial charge on any atom is -0.459 e. The first-order chi connectivity index (χ1) is 16.2. The average molecular weight is 446 g/mol. The van der Waals surface area contributed by atoms with E-state index in [1.165, 1.54) is 25.5 Å². The number of benzene rings is 2. The predicted molar refractivity (Wildman–Crippen MR) is 129 cm³/mol. The van der Waals surface area contributed by atoms with Crippen molar-refractivity contribution >= 4 is 17.5 Å². The third-order valence-electron chi connectivity index (χ3n) is 5.97. The monoisotopic (exact) mass is 445 g/mol. The van der Waals surface area contributed by atoms with E-state index in [0.29, 0.717) is 25.3 Å². The van der Waals surface area contributed by atoms with Gasteiger partial charge >= 0.3 is 0 Å². The summed E-state index contributed by atoms with van der Waals surface area (Å²) in [4.78, 5) is 29.6. The molecule has 2 aromatic carbocycles. The molecule has 0 radical (unpaired) electrons. The van der Waals surface area contributed by atoms with Crippen molar-refractivity contribution < 1.29 is 14.0 Å². The first-order valence-electron chi connectivity index (χ1n) is 11.7. The Morgan fingerprint density at radius 2 is 1.64 bits per heavy atom. The fourth-order valence-electron chi connectivity index (χ4n) is 4.16. The lowest BCUT2D eigenvalue weighted by Crippen LogP contribution is -2.38. The molecule has 172 valence electrons. The molecule has 0 atom stereocenters. The highest BCUT2D eigenvalue weighted by molar-refractivity contribution is 6.04. The summed E-state index contributed by atoms with van der Waals surface area (Å²) in [6.45, 7) is 4.28. The maximum atomic E-state index is 13.1. The molecule has 0 spiro atoms. The van der Waals surface area contributed by atoms with Crippen LogP contribution in [0.5, 0.6) is 0 Å². The number of furan rings is 1. The first kappa shape index (κ1) is 22.8. The lowest BCUT2D eigenvalue weighted by molar-refractivity contribution is -0.120. The van der Waals surface area contributed by atoms with Gasteiger partial charge in [0.2, 0.25) is 5.91 Å². The molecule has 1 aliphatic rings. The summed E-state index contributed by atoms with van der Waals surface area (Å²) in [5.41, 5.74) is 2.70. The molecule has 2 amide bonds. The standard InChI is InChI=1S/C27H31N3O3/c31-26(28-15-18-29-16-5-2-6-17-29)20-22-11-13-24(14-12-22)30(21-23-8-3-1-4-9-23)27(32)25-10-7-19-33-25/h1,3-4,7-14,19H,2,5-6,15-18,20-21H2,(H,28,31). The highest BCUT2D eigenvalue weighted by atomic mass is 16.3. The number of hydrogen-bond acceptors (Lipinski definition) is 4. The molecule has 0 unspecified atom stereocenters. The van der Waals surface area contributed by atoms with E-state index < -0.39 is 0 Å². The van der Waals surface area contributed by atoms with Gasteiger partial charge in [-0.1, -0.05) is 48.9 Å². The third kappa shape index (κ3) is 6.56. The van der Waals surface area contributed by atoms with Crippen molar-refractivity contribution in [2.45, 2.75) is 32.2 Å². The number of piperidine rings is 1. The van der Waals surface area contributed by atoms with E-state index in [4.69, 9.17) is 4.42 Å². The van der Waals surface area contributed by atoms with Crippen molar-refractivity contribution in [2.75, 3.05) is 31.1 Å². The largest absolute Gasteiger partial charge is 0.459 e. The number of hydrogen-bond donors (Lipinski definition) is 1. The molecule has 1 aliphatic heterocycles. The smallest absolute Gasteiger partial charge is 0.294 e. The Kier molecular flexibility index (Phi) is 7.93. The molecule has 1 saturated heterocycles. The zero-order valence-electron chi connectivity index (χ0n) is 18.9. The third-order valence-corrected chi connectivity index (χ3v) is 5.97. The molecule has 1 aromatic heterocycles. The van der Waals surface area contributed by atoms with E-state index in [2.05, 4.69) is 10.2 Å². The van der Waals surface area contributed by atoms with Crippen LogP contribution in [0.25, 0.3) is 0 Å². The zero-order valence-corrected chi connectivity index (χ0v) is 18.9. The van der Waals surface area contributed by atoms with E-state index >= 15 is 0 Å². The number of rotatable bonds is 9. The summed E-state index contributed by atoms with van der Waals surface area (Å²) in [7, 11) is 0. The number of carbonyl (C=O) groups excluding carboxylic acids is 2. The molecule has 3 aromatic rings. The zero-order chi connectivity index (χ0) is 22.9. The molecule has 4 rings (SSSR count). The Balaban J connectivity index is 1.37. The van der Waals surface area contributed by atoms with Gasteiger partial charge in [0.15, 0.2) is 5.76 Å². The van der Waals surface area contributed by atoms with Gasteiger partial charge in [0.1, 0.15) is 0 Å². The Bertz CT molecular complexity index is 1010. The van der Waals surface area contributed by atoms with Crippen LogP contribution in [0.1, 0.15) is 40.9 Å². The summed E-state index contributed by atoms with van der Waals surface area (Å²) in [6, 6.07) is 20.8. The molecule has 1 N–H and O–H groups in total. The van der Waals surface area contributed by atoms with E-state index in [9.17, 15) is 9.59 Å². The maximum Gasteiger partial charge on any atom is 0.294 e. The molecule has 0 aliphatic carbocycles. The van der Waals surface area contributed by atoms with E-state index in [1.54, 1.807) is 17.0 Å². The fourth-order valence-corrected chi connectivity index (χ4v) is 4.16.